The van der Waals surface area contributed by atoms with Crippen LogP contribution in [0.1, 0.15) is 30.6 Å². The molecule has 0 aromatic heterocycles. The average molecular weight is 387 g/mol. The Morgan fingerprint density at radius 2 is 1.68 bits per heavy atom. The molecule has 0 unspecified atom stereocenters. The first-order valence-corrected chi connectivity index (χ1v) is 10.5. The zero-order chi connectivity index (χ0) is 18.8. The topological polar surface area (TPSA) is 74.8 Å². The smallest absolute Gasteiger partial charge is 0.253 e. The van der Waals surface area contributed by atoms with E-state index in [2.05, 4.69) is 0 Å². The summed E-state index contributed by atoms with van der Waals surface area (Å²) in [6.45, 7) is 5.77. The minimum atomic E-state index is -3.51. The molecule has 6 nitrogen and oxygen atoms in total. The van der Waals surface area contributed by atoms with Gasteiger partial charge in [-0.15, -0.1) is 0 Å². The van der Waals surface area contributed by atoms with Gasteiger partial charge in [0, 0.05) is 43.9 Å². The molecule has 0 atom stereocenters. The Bertz CT molecular complexity index is 777. The summed E-state index contributed by atoms with van der Waals surface area (Å²) in [5.74, 6) is -0.239. The van der Waals surface area contributed by atoms with Gasteiger partial charge in [-0.2, -0.15) is 0 Å². The molecule has 1 aromatic rings. The van der Waals surface area contributed by atoms with Crippen LogP contribution in [0.5, 0.6) is 0 Å². The predicted molar refractivity (Wildman–Crippen MR) is 96.5 cm³/mol. The van der Waals surface area contributed by atoms with E-state index in [1.165, 1.54) is 18.2 Å². The second-order valence-corrected chi connectivity index (χ2v) is 8.93. The highest BCUT2D eigenvalue weighted by Gasteiger charge is 2.25. The Morgan fingerprint density at radius 1 is 1.08 bits per heavy atom. The van der Waals surface area contributed by atoms with E-state index in [1.54, 1.807) is 9.80 Å². The highest BCUT2D eigenvalue weighted by atomic mass is 35.5. The summed E-state index contributed by atoms with van der Waals surface area (Å²) in [5.41, 5.74) is 0.286. The van der Waals surface area contributed by atoms with E-state index in [4.69, 9.17) is 11.6 Å². The molecule has 0 saturated carbocycles. The molecule has 1 heterocycles. The molecule has 1 fully saturated rings. The zero-order valence-electron chi connectivity index (χ0n) is 14.7. The molecular weight excluding hydrogens is 364 g/mol. The number of sulfone groups is 1. The normalized spacial score (nSPS) is 16.0. The maximum absolute atomic E-state index is 12.7. The van der Waals surface area contributed by atoms with Crippen LogP contribution in [0, 0.1) is 5.92 Å². The van der Waals surface area contributed by atoms with E-state index in [0.717, 1.165) is 6.26 Å². The van der Waals surface area contributed by atoms with Crippen molar-refractivity contribution >= 4 is 33.3 Å². The summed E-state index contributed by atoms with van der Waals surface area (Å²) in [7, 11) is -3.51. The molecule has 1 aliphatic rings. The first-order valence-electron chi connectivity index (χ1n) is 8.19. The van der Waals surface area contributed by atoms with Gasteiger partial charge >= 0.3 is 0 Å². The molecule has 2 amide bonds. The molecule has 0 radical (unpaired) electrons. The monoisotopic (exact) mass is 386 g/mol. The first kappa shape index (κ1) is 19.7. The van der Waals surface area contributed by atoms with Crippen molar-refractivity contribution in [1.82, 2.24) is 9.80 Å². The zero-order valence-corrected chi connectivity index (χ0v) is 16.2. The van der Waals surface area contributed by atoms with Gasteiger partial charge in [-0.05, 0) is 24.6 Å². The van der Waals surface area contributed by atoms with Crippen molar-refractivity contribution in [2.24, 2.45) is 5.92 Å². The molecule has 25 heavy (non-hydrogen) atoms. The molecule has 0 spiro atoms. The molecule has 8 heteroatoms. The van der Waals surface area contributed by atoms with Gasteiger partial charge in [0.25, 0.3) is 5.91 Å². The van der Waals surface area contributed by atoms with Crippen molar-refractivity contribution in [3.63, 3.8) is 0 Å². The lowest BCUT2D eigenvalue weighted by Crippen LogP contribution is -2.39. The van der Waals surface area contributed by atoms with Crippen LogP contribution in [0.15, 0.2) is 23.1 Å². The molecule has 138 valence electrons. The van der Waals surface area contributed by atoms with Gasteiger partial charge in [-0.25, -0.2) is 8.42 Å². The molecular formula is C17H23ClN2O4S. The molecule has 2 rings (SSSR count). The van der Waals surface area contributed by atoms with Gasteiger partial charge < -0.3 is 9.80 Å². The molecule has 0 bridgehead atoms. The summed E-state index contributed by atoms with van der Waals surface area (Å²) < 4.78 is 23.6. The Labute approximate surface area is 153 Å². The lowest BCUT2D eigenvalue weighted by molar-refractivity contribution is -0.134. The van der Waals surface area contributed by atoms with Crippen LogP contribution in [0.3, 0.4) is 0 Å². The Morgan fingerprint density at radius 3 is 2.28 bits per heavy atom. The average Bonchev–Trinajstić information content (AvgIpc) is 2.78. The van der Waals surface area contributed by atoms with E-state index < -0.39 is 9.84 Å². The fourth-order valence-electron chi connectivity index (χ4n) is 2.81. The number of carbonyl (C=O) groups is 2. The van der Waals surface area contributed by atoms with Gasteiger partial charge in [0.05, 0.1) is 9.92 Å². The van der Waals surface area contributed by atoms with Gasteiger partial charge in [-0.3, -0.25) is 9.59 Å². The van der Waals surface area contributed by atoms with Crippen LogP contribution in [-0.4, -0.2) is 62.5 Å². The standard InChI is InChI=1S/C17H23ClN2O4S/c1-12(2)16(21)19-7-4-8-20(10-9-19)17(22)13-5-6-14(18)15(11-13)25(3,23)24/h5-6,11-12H,4,7-10H2,1-3H3. The first-order chi connectivity index (χ1) is 11.6. The number of benzene rings is 1. The second-order valence-electron chi connectivity index (χ2n) is 6.54. The lowest BCUT2D eigenvalue weighted by Gasteiger charge is -2.23. The van der Waals surface area contributed by atoms with Gasteiger partial charge in [0.1, 0.15) is 0 Å². The maximum atomic E-state index is 12.7. The fraction of sp³-hybridized carbons (Fsp3) is 0.529. The molecule has 0 aliphatic carbocycles. The van der Waals surface area contributed by atoms with Crippen LogP contribution in [0.4, 0.5) is 0 Å². The molecule has 1 aliphatic heterocycles. The summed E-state index contributed by atoms with van der Waals surface area (Å²) in [6.07, 6.45) is 1.75. The Hall–Kier alpha value is -1.60. The highest BCUT2D eigenvalue weighted by molar-refractivity contribution is 7.90. The third kappa shape index (κ3) is 4.73. The predicted octanol–water partition coefficient (Wildman–Crippen LogP) is 2.07. The molecule has 1 aromatic carbocycles. The van der Waals surface area contributed by atoms with E-state index in [-0.39, 0.29) is 33.2 Å². The van der Waals surface area contributed by atoms with Gasteiger partial charge in [0.2, 0.25) is 5.91 Å². The van der Waals surface area contributed by atoms with Crippen molar-refractivity contribution in [2.45, 2.75) is 25.2 Å². The number of hydrogen-bond donors (Lipinski definition) is 0. The summed E-state index contributed by atoms with van der Waals surface area (Å²) in [5, 5.41) is 0.101. The fourth-order valence-corrected chi connectivity index (χ4v) is 4.11. The van der Waals surface area contributed by atoms with Crippen LogP contribution < -0.4 is 0 Å². The van der Waals surface area contributed by atoms with Crippen molar-refractivity contribution in [2.75, 3.05) is 32.4 Å². The molecule has 1 saturated heterocycles. The maximum Gasteiger partial charge on any atom is 0.253 e. The van der Waals surface area contributed by atoms with Crippen LogP contribution in [0.25, 0.3) is 0 Å². The van der Waals surface area contributed by atoms with Crippen LogP contribution >= 0.6 is 11.6 Å². The van der Waals surface area contributed by atoms with Crippen molar-refractivity contribution in [3.05, 3.63) is 28.8 Å². The summed E-state index contributed by atoms with van der Waals surface area (Å²) in [4.78, 5) is 28.3. The lowest BCUT2D eigenvalue weighted by atomic mass is 10.2. The van der Waals surface area contributed by atoms with E-state index >= 15 is 0 Å². The molecule has 0 N–H and O–H groups in total. The van der Waals surface area contributed by atoms with E-state index in [0.29, 0.717) is 32.6 Å². The van der Waals surface area contributed by atoms with Crippen molar-refractivity contribution in [3.8, 4) is 0 Å². The van der Waals surface area contributed by atoms with Crippen molar-refractivity contribution in [1.29, 1.82) is 0 Å². The number of nitrogens with zero attached hydrogens (tertiary/aromatic N) is 2. The highest BCUT2D eigenvalue weighted by Crippen LogP contribution is 2.23. The van der Waals surface area contributed by atoms with E-state index in [1.807, 2.05) is 13.8 Å². The number of halogens is 1. The van der Waals surface area contributed by atoms with E-state index in [9.17, 15) is 18.0 Å². The Kier molecular flexibility index (Phi) is 6.11. The number of amides is 2. The number of rotatable bonds is 3. The third-order valence-corrected chi connectivity index (χ3v) is 5.74. The number of carbonyl (C=O) groups excluding carboxylic acids is 2. The van der Waals surface area contributed by atoms with Crippen LogP contribution in [-0.2, 0) is 14.6 Å². The van der Waals surface area contributed by atoms with Crippen molar-refractivity contribution < 1.29 is 18.0 Å². The summed E-state index contributed by atoms with van der Waals surface area (Å²) >= 11 is 5.93. The van der Waals surface area contributed by atoms with Gasteiger partial charge in [-0.1, -0.05) is 25.4 Å². The van der Waals surface area contributed by atoms with Gasteiger partial charge in [0.15, 0.2) is 9.84 Å². The number of hydrogen-bond acceptors (Lipinski definition) is 4. The largest absolute Gasteiger partial charge is 0.341 e. The second kappa shape index (κ2) is 7.74. The third-order valence-electron chi connectivity index (χ3n) is 4.17. The quantitative estimate of drug-likeness (QED) is 0.797. The Balaban J connectivity index is 2.17. The summed E-state index contributed by atoms with van der Waals surface area (Å²) in [6, 6.07) is 4.28. The van der Waals surface area contributed by atoms with Crippen LogP contribution in [0.2, 0.25) is 5.02 Å². The SMILES string of the molecule is CC(C)C(=O)N1CCCN(C(=O)c2ccc(Cl)c(S(C)(=O)=O)c2)CC1. The minimum absolute atomic E-state index is 0.0496. The minimum Gasteiger partial charge on any atom is -0.341 e.